The minimum atomic E-state index is -4.01. The molecule has 0 unspecified atom stereocenters. The fourth-order valence-corrected chi connectivity index (χ4v) is 3.83. The summed E-state index contributed by atoms with van der Waals surface area (Å²) in [6, 6.07) is 20.0. The zero-order valence-electron chi connectivity index (χ0n) is 17.9. The minimum absolute atomic E-state index is 0.0367. The highest BCUT2D eigenvalue weighted by atomic mass is 32.2. The highest BCUT2D eigenvalue weighted by Gasteiger charge is 2.17. The van der Waals surface area contributed by atoms with Crippen molar-refractivity contribution in [2.75, 3.05) is 5.32 Å². The summed E-state index contributed by atoms with van der Waals surface area (Å²) in [5.74, 6) is -0.480. The van der Waals surface area contributed by atoms with Gasteiger partial charge >= 0.3 is 10.1 Å². The lowest BCUT2D eigenvalue weighted by Gasteiger charge is -2.09. The van der Waals surface area contributed by atoms with Gasteiger partial charge in [0.1, 0.15) is 22.3 Å². The fourth-order valence-electron chi connectivity index (χ4n) is 2.91. The Labute approximate surface area is 187 Å². The van der Waals surface area contributed by atoms with Gasteiger partial charge in [0.25, 0.3) is 5.91 Å². The van der Waals surface area contributed by atoms with E-state index in [4.69, 9.17) is 4.18 Å². The number of rotatable bonds is 6. The van der Waals surface area contributed by atoms with Gasteiger partial charge in [-0.1, -0.05) is 42.0 Å². The van der Waals surface area contributed by atoms with Crippen molar-refractivity contribution in [1.29, 1.82) is 5.26 Å². The Hall–Kier alpha value is -3.89. The van der Waals surface area contributed by atoms with Gasteiger partial charge < -0.3 is 9.50 Å². The van der Waals surface area contributed by atoms with E-state index in [1.807, 2.05) is 45.0 Å². The summed E-state index contributed by atoms with van der Waals surface area (Å²) in [6.07, 6.45) is 1.38. The molecule has 3 aromatic rings. The first-order valence-corrected chi connectivity index (χ1v) is 11.2. The van der Waals surface area contributed by atoms with Crippen molar-refractivity contribution in [1.82, 2.24) is 0 Å². The normalized spacial score (nSPS) is 11.5. The topological polar surface area (TPSA) is 96.3 Å². The predicted molar refractivity (Wildman–Crippen MR) is 124 cm³/mol. The van der Waals surface area contributed by atoms with Gasteiger partial charge in [-0.3, -0.25) is 4.79 Å². The van der Waals surface area contributed by atoms with Crippen molar-refractivity contribution in [3.63, 3.8) is 0 Å². The largest absolute Gasteiger partial charge is 0.379 e. The van der Waals surface area contributed by atoms with Crippen LogP contribution in [0.2, 0.25) is 0 Å². The molecule has 3 aromatic carbocycles. The van der Waals surface area contributed by atoms with Crippen molar-refractivity contribution in [2.24, 2.45) is 0 Å². The SMILES string of the molecule is Cc1ccc(S(=O)(=O)Oc2cccc(/C=C(/C#N)C(=O)Nc3cc(C)ccc3C)c2)cc1. The van der Waals surface area contributed by atoms with Gasteiger partial charge in [-0.2, -0.15) is 13.7 Å². The Bertz CT molecular complexity index is 1340. The molecule has 0 aromatic heterocycles. The van der Waals surface area contributed by atoms with Crippen LogP contribution in [0.1, 0.15) is 22.3 Å². The first kappa shape index (κ1) is 22.8. The summed E-state index contributed by atoms with van der Waals surface area (Å²) in [5, 5.41) is 12.2. The minimum Gasteiger partial charge on any atom is -0.379 e. The number of carbonyl (C=O) groups is 1. The molecule has 0 atom stereocenters. The Balaban J connectivity index is 1.82. The molecule has 0 saturated heterocycles. The lowest BCUT2D eigenvalue weighted by Crippen LogP contribution is -2.14. The molecule has 0 saturated carbocycles. The lowest BCUT2D eigenvalue weighted by molar-refractivity contribution is -0.112. The number of amides is 1. The van der Waals surface area contributed by atoms with Gasteiger partial charge in [0.2, 0.25) is 0 Å². The Morgan fingerprint density at radius 1 is 0.969 bits per heavy atom. The summed E-state index contributed by atoms with van der Waals surface area (Å²) in [7, 11) is -4.01. The van der Waals surface area contributed by atoms with Crippen LogP contribution in [-0.4, -0.2) is 14.3 Å². The van der Waals surface area contributed by atoms with E-state index in [1.54, 1.807) is 24.3 Å². The van der Waals surface area contributed by atoms with Crippen molar-refractivity contribution in [2.45, 2.75) is 25.7 Å². The maximum atomic E-state index is 12.6. The summed E-state index contributed by atoms with van der Waals surface area (Å²) in [5.41, 5.74) is 3.74. The van der Waals surface area contributed by atoms with E-state index >= 15 is 0 Å². The molecule has 0 aliphatic carbocycles. The van der Waals surface area contributed by atoms with Crippen molar-refractivity contribution in [3.8, 4) is 11.8 Å². The van der Waals surface area contributed by atoms with Crippen molar-refractivity contribution < 1.29 is 17.4 Å². The van der Waals surface area contributed by atoms with E-state index in [1.165, 1.54) is 30.3 Å². The number of anilines is 1. The quantitative estimate of drug-likeness (QED) is 0.329. The molecule has 0 fully saturated rings. The number of carbonyl (C=O) groups excluding carboxylic acids is 1. The van der Waals surface area contributed by atoms with Gasteiger partial charge in [0.05, 0.1) is 0 Å². The monoisotopic (exact) mass is 446 g/mol. The number of nitriles is 1. The van der Waals surface area contributed by atoms with Crippen molar-refractivity contribution >= 4 is 27.8 Å². The number of aryl methyl sites for hydroxylation is 3. The maximum absolute atomic E-state index is 12.6. The van der Waals surface area contributed by atoms with Crippen LogP contribution in [-0.2, 0) is 14.9 Å². The third-order valence-corrected chi connectivity index (χ3v) is 5.95. The maximum Gasteiger partial charge on any atom is 0.339 e. The molecule has 7 heteroatoms. The highest BCUT2D eigenvalue weighted by molar-refractivity contribution is 7.87. The molecular formula is C25H22N2O4S. The molecular weight excluding hydrogens is 424 g/mol. The molecule has 3 rings (SSSR count). The summed E-state index contributed by atoms with van der Waals surface area (Å²) in [4.78, 5) is 12.6. The second-order valence-electron chi connectivity index (χ2n) is 7.37. The smallest absolute Gasteiger partial charge is 0.339 e. The van der Waals surface area contributed by atoms with Gasteiger partial charge in [-0.25, -0.2) is 0 Å². The van der Waals surface area contributed by atoms with Gasteiger partial charge in [-0.05, 0) is 73.9 Å². The predicted octanol–water partition coefficient (Wildman–Crippen LogP) is 4.93. The molecule has 0 heterocycles. The van der Waals surface area contributed by atoms with E-state index in [-0.39, 0.29) is 16.2 Å². The van der Waals surface area contributed by atoms with E-state index < -0.39 is 16.0 Å². The summed E-state index contributed by atoms with van der Waals surface area (Å²) >= 11 is 0. The number of hydrogen-bond donors (Lipinski definition) is 1. The second-order valence-corrected chi connectivity index (χ2v) is 8.91. The molecule has 162 valence electrons. The first-order chi connectivity index (χ1) is 15.2. The Morgan fingerprint density at radius 3 is 2.34 bits per heavy atom. The molecule has 0 bridgehead atoms. The van der Waals surface area contributed by atoms with Crippen LogP contribution >= 0.6 is 0 Å². The molecule has 6 nitrogen and oxygen atoms in total. The fraction of sp³-hybridized carbons (Fsp3) is 0.120. The van der Waals surface area contributed by atoms with Crippen molar-refractivity contribution in [3.05, 3.63) is 94.6 Å². The highest BCUT2D eigenvalue weighted by Crippen LogP contribution is 2.22. The Kier molecular flexibility index (Phi) is 6.76. The molecule has 0 radical (unpaired) electrons. The van der Waals surface area contributed by atoms with Gasteiger partial charge in [0.15, 0.2) is 0 Å². The molecule has 32 heavy (non-hydrogen) atoms. The first-order valence-electron chi connectivity index (χ1n) is 9.79. The number of nitrogens with one attached hydrogen (secondary N) is 1. The molecule has 1 amide bonds. The van der Waals surface area contributed by atoms with Crippen LogP contribution in [0.25, 0.3) is 6.08 Å². The average molecular weight is 447 g/mol. The van der Waals surface area contributed by atoms with E-state index in [0.29, 0.717) is 11.3 Å². The molecule has 0 aliphatic rings. The summed E-state index contributed by atoms with van der Waals surface area (Å²) < 4.78 is 30.3. The number of nitrogens with zero attached hydrogens (tertiary/aromatic N) is 1. The molecule has 0 aliphatic heterocycles. The van der Waals surface area contributed by atoms with E-state index in [0.717, 1.165) is 16.7 Å². The van der Waals surface area contributed by atoms with Crippen LogP contribution in [0.4, 0.5) is 5.69 Å². The third-order valence-electron chi connectivity index (χ3n) is 4.69. The van der Waals surface area contributed by atoms with Crippen LogP contribution in [0, 0.1) is 32.1 Å². The zero-order valence-corrected chi connectivity index (χ0v) is 18.7. The molecule has 0 spiro atoms. The second kappa shape index (κ2) is 9.50. The average Bonchev–Trinajstić information content (AvgIpc) is 2.75. The van der Waals surface area contributed by atoms with Gasteiger partial charge in [0, 0.05) is 5.69 Å². The van der Waals surface area contributed by atoms with Crippen LogP contribution in [0.15, 0.2) is 77.2 Å². The van der Waals surface area contributed by atoms with Gasteiger partial charge in [-0.15, -0.1) is 0 Å². The standard InChI is InChI=1S/C25H22N2O4S/c1-17-8-11-23(12-9-17)32(29,30)31-22-6-4-5-20(15-22)14-21(16-26)25(28)27-24-13-18(2)7-10-19(24)3/h4-15H,1-3H3,(H,27,28)/b21-14-. The number of hydrogen-bond acceptors (Lipinski definition) is 5. The van der Waals surface area contributed by atoms with Crippen LogP contribution in [0.3, 0.4) is 0 Å². The molecule has 1 N–H and O–H groups in total. The van der Waals surface area contributed by atoms with Crippen LogP contribution < -0.4 is 9.50 Å². The lowest BCUT2D eigenvalue weighted by atomic mass is 10.1. The van der Waals surface area contributed by atoms with E-state index in [2.05, 4.69) is 5.32 Å². The Morgan fingerprint density at radius 2 is 1.66 bits per heavy atom. The van der Waals surface area contributed by atoms with Crippen LogP contribution in [0.5, 0.6) is 5.75 Å². The number of benzene rings is 3. The third kappa shape index (κ3) is 5.62. The zero-order chi connectivity index (χ0) is 23.3. The van der Waals surface area contributed by atoms with E-state index in [9.17, 15) is 18.5 Å². The summed E-state index contributed by atoms with van der Waals surface area (Å²) in [6.45, 7) is 5.63.